The van der Waals surface area contributed by atoms with Gasteiger partial charge in [-0.25, -0.2) is 0 Å². The van der Waals surface area contributed by atoms with Gasteiger partial charge in [0.05, 0.1) is 23.0 Å². The maximum Gasteiger partial charge on any atom is 0.0834 e. The van der Waals surface area contributed by atoms with Crippen LogP contribution in [0, 0.1) is 5.92 Å². The lowest BCUT2D eigenvalue weighted by Crippen LogP contribution is -2.30. The van der Waals surface area contributed by atoms with Crippen LogP contribution in [-0.2, 0) is 6.54 Å². The van der Waals surface area contributed by atoms with Crippen LogP contribution in [0.25, 0.3) is 0 Å². The van der Waals surface area contributed by atoms with E-state index in [9.17, 15) is 0 Å². The zero-order valence-corrected chi connectivity index (χ0v) is 13.5. The van der Waals surface area contributed by atoms with Gasteiger partial charge in [-0.3, -0.25) is 4.68 Å². The van der Waals surface area contributed by atoms with Crippen molar-refractivity contribution in [3.8, 4) is 0 Å². The molecular weight excluding hydrogens is 258 g/mol. The minimum atomic E-state index is 0.316. The first kappa shape index (κ1) is 16.5. The second-order valence-corrected chi connectivity index (χ2v) is 5.45. The molecule has 2 atom stereocenters. The average Bonchev–Trinajstić information content (AvgIpc) is 2.79. The Labute approximate surface area is 122 Å². The molecule has 0 aliphatic rings. The summed E-state index contributed by atoms with van der Waals surface area (Å²) in [4.78, 5) is 0. The summed E-state index contributed by atoms with van der Waals surface area (Å²) in [7, 11) is 0. The molecule has 0 radical (unpaired) electrons. The van der Waals surface area contributed by atoms with Gasteiger partial charge < -0.3 is 5.32 Å². The van der Waals surface area contributed by atoms with Crippen LogP contribution in [0.4, 0.5) is 0 Å². The summed E-state index contributed by atoms with van der Waals surface area (Å²) in [5.74, 6) is 0.624. The van der Waals surface area contributed by atoms with E-state index >= 15 is 0 Å². The maximum atomic E-state index is 6.37. The number of unbranched alkanes of at least 4 members (excludes halogenated alkanes) is 1. The Morgan fingerprint density at radius 2 is 2.05 bits per heavy atom. The van der Waals surface area contributed by atoms with Crippen LogP contribution >= 0.6 is 11.6 Å². The molecule has 0 aliphatic heterocycles. The molecule has 0 saturated carbocycles. The van der Waals surface area contributed by atoms with Crippen molar-refractivity contribution in [2.24, 2.45) is 5.92 Å². The molecule has 0 bridgehead atoms. The van der Waals surface area contributed by atoms with Crippen LogP contribution in [0.1, 0.15) is 65.1 Å². The Kier molecular flexibility index (Phi) is 7.47. The lowest BCUT2D eigenvalue weighted by molar-refractivity contribution is 0.312. The van der Waals surface area contributed by atoms with E-state index < -0.39 is 0 Å². The molecule has 0 aromatic carbocycles. The molecular formula is C15H28ClN3. The summed E-state index contributed by atoms with van der Waals surface area (Å²) < 4.78 is 2.03. The Morgan fingerprint density at radius 3 is 2.58 bits per heavy atom. The number of hydrogen-bond donors (Lipinski definition) is 1. The highest BCUT2D eigenvalue weighted by molar-refractivity contribution is 6.31. The van der Waals surface area contributed by atoms with Gasteiger partial charge in [0.15, 0.2) is 0 Å². The minimum Gasteiger partial charge on any atom is -0.309 e. The molecule has 0 fully saturated rings. The van der Waals surface area contributed by atoms with Crippen molar-refractivity contribution in [3.05, 3.63) is 16.9 Å². The summed E-state index contributed by atoms with van der Waals surface area (Å²) in [6.45, 7) is 10.6. The van der Waals surface area contributed by atoms with Gasteiger partial charge in [-0.2, -0.15) is 5.10 Å². The monoisotopic (exact) mass is 285 g/mol. The third-order valence-corrected chi connectivity index (χ3v) is 4.07. The second-order valence-electron chi connectivity index (χ2n) is 5.04. The molecule has 3 nitrogen and oxygen atoms in total. The zero-order chi connectivity index (χ0) is 14.3. The highest BCUT2D eigenvalue weighted by atomic mass is 35.5. The van der Waals surface area contributed by atoms with Gasteiger partial charge in [0, 0.05) is 6.54 Å². The highest BCUT2D eigenvalue weighted by Crippen LogP contribution is 2.33. The van der Waals surface area contributed by atoms with Gasteiger partial charge in [-0.05, 0) is 25.8 Å². The van der Waals surface area contributed by atoms with Gasteiger partial charge in [0.1, 0.15) is 0 Å². The summed E-state index contributed by atoms with van der Waals surface area (Å²) in [6.07, 6.45) is 6.71. The molecule has 0 saturated heterocycles. The van der Waals surface area contributed by atoms with Crippen molar-refractivity contribution in [1.29, 1.82) is 0 Å². The quantitative estimate of drug-likeness (QED) is 0.728. The largest absolute Gasteiger partial charge is 0.309 e. The summed E-state index contributed by atoms with van der Waals surface area (Å²) in [5, 5.41) is 8.79. The van der Waals surface area contributed by atoms with Crippen molar-refractivity contribution >= 4 is 11.6 Å². The van der Waals surface area contributed by atoms with Crippen molar-refractivity contribution in [3.63, 3.8) is 0 Å². The van der Waals surface area contributed by atoms with Crippen LogP contribution in [0.2, 0.25) is 5.02 Å². The number of aromatic nitrogens is 2. The van der Waals surface area contributed by atoms with Crippen molar-refractivity contribution < 1.29 is 0 Å². The molecule has 110 valence electrons. The van der Waals surface area contributed by atoms with E-state index in [1.165, 1.54) is 25.7 Å². The fraction of sp³-hybridized carbons (Fsp3) is 0.800. The van der Waals surface area contributed by atoms with E-state index in [4.69, 9.17) is 11.6 Å². The van der Waals surface area contributed by atoms with Crippen LogP contribution in [-0.4, -0.2) is 16.3 Å². The van der Waals surface area contributed by atoms with E-state index in [1.807, 2.05) is 4.68 Å². The molecule has 0 aliphatic carbocycles. The van der Waals surface area contributed by atoms with Crippen LogP contribution in [0.15, 0.2) is 6.20 Å². The third-order valence-electron chi connectivity index (χ3n) is 3.78. The molecule has 1 aromatic rings. The van der Waals surface area contributed by atoms with Gasteiger partial charge in [-0.1, -0.05) is 51.6 Å². The zero-order valence-electron chi connectivity index (χ0n) is 12.7. The summed E-state index contributed by atoms with van der Waals surface area (Å²) >= 11 is 6.37. The number of aryl methyl sites for hydroxylation is 1. The van der Waals surface area contributed by atoms with Gasteiger partial charge in [0.2, 0.25) is 0 Å². The highest BCUT2D eigenvalue weighted by Gasteiger charge is 2.26. The predicted octanol–water partition coefficient (Wildman–Crippen LogP) is 4.42. The molecule has 1 rings (SSSR count). The predicted molar refractivity (Wildman–Crippen MR) is 82.6 cm³/mol. The van der Waals surface area contributed by atoms with Crippen molar-refractivity contribution in [2.45, 2.75) is 66.0 Å². The van der Waals surface area contributed by atoms with Gasteiger partial charge in [-0.15, -0.1) is 0 Å². The average molecular weight is 286 g/mol. The lowest BCUT2D eigenvalue weighted by Gasteiger charge is -2.28. The topological polar surface area (TPSA) is 29.9 Å². The van der Waals surface area contributed by atoms with Gasteiger partial charge >= 0.3 is 0 Å². The number of halogens is 1. The number of hydrogen-bond acceptors (Lipinski definition) is 2. The van der Waals surface area contributed by atoms with E-state index in [1.54, 1.807) is 6.20 Å². The molecule has 0 amide bonds. The van der Waals surface area contributed by atoms with Crippen molar-refractivity contribution in [2.75, 3.05) is 6.54 Å². The van der Waals surface area contributed by atoms with E-state index in [-0.39, 0.29) is 0 Å². The molecule has 1 aromatic heterocycles. The van der Waals surface area contributed by atoms with Crippen LogP contribution in [0.3, 0.4) is 0 Å². The third kappa shape index (κ3) is 4.22. The Morgan fingerprint density at radius 1 is 1.32 bits per heavy atom. The van der Waals surface area contributed by atoms with E-state index in [0.29, 0.717) is 12.0 Å². The van der Waals surface area contributed by atoms with E-state index in [2.05, 4.69) is 38.1 Å². The van der Waals surface area contributed by atoms with Crippen molar-refractivity contribution in [1.82, 2.24) is 15.1 Å². The summed E-state index contributed by atoms with van der Waals surface area (Å²) in [6, 6.07) is 0.316. The van der Waals surface area contributed by atoms with Crippen LogP contribution in [0.5, 0.6) is 0 Å². The second kappa shape index (κ2) is 8.60. The first-order valence-electron chi connectivity index (χ1n) is 7.63. The fourth-order valence-electron chi connectivity index (χ4n) is 2.71. The Bertz CT molecular complexity index is 362. The first-order chi connectivity index (χ1) is 9.19. The minimum absolute atomic E-state index is 0.316. The lowest BCUT2D eigenvalue weighted by atomic mass is 9.89. The summed E-state index contributed by atoms with van der Waals surface area (Å²) in [5.41, 5.74) is 1.16. The SMILES string of the molecule is CCCCC(CC)C(NCC)c1c(Cl)cnn1CC. The fourth-order valence-corrected chi connectivity index (χ4v) is 2.97. The standard InChI is InChI=1S/C15H28ClN3/c1-5-9-10-12(6-2)14(17-7-3)15-13(16)11-18-19(15)8-4/h11-12,14,17H,5-10H2,1-4H3. The number of nitrogens with one attached hydrogen (secondary N) is 1. The first-order valence-corrected chi connectivity index (χ1v) is 8.01. The van der Waals surface area contributed by atoms with E-state index in [0.717, 1.165) is 23.8 Å². The van der Waals surface area contributed by atoms with Gasteiger partial charge in [0.25, 0.3) is 0 Å². The Hall–Kier alpha value is -0.540. The van der Waals surface area contributed by atoms with Crippen LogP contribution < -0.4 is 5.32 Å². The Balaban J connectivity index is 2.99. The molecule has 1 N–H and O–H groups in total. The molecule has 4 heteroatoms. The molecule has 0 spiro atoms. The molecule has 1 heterocycles. The smallest absolute Gasteiger partial charge is 0.0834 e. The number of nitrogens with zero attached hydrogens (tertiary/aromatic N) is 2. The molecule has 19 heavy (non-hydrogen) atoms. The maximum absolute atomic E-state index is 6.37. The normalized spacial score (nSPS) is 14.6. The molecule has 2 unspecified atom stereocenters. The number of rotatable bonds is 9.